The Balaban J connectivity index is 1.37. The van der Waals surface area contributed by atoms with Crippen LogP contribution in [0.5, 0.6) is 11.5 Å². The van der Waals surface area contributed by atoms with Crippen LogP contribution in [0.15, 0.2) is 84.9 Å². The van der Waals surface area contributed by atoms with Crippen LogP contribution in [0, 0.1) is 12.1 Å². The van der Waals surface area contributed by atoms with Gasteiger partial charge in [0.2, 0.25) is 0 Å². The van der Waals surface area contributed by atoms with Crippen LogP contribution in [0.2, 0.25) is 0 Å². The SMILES string of the molecule is [c-]1c2cccc1Oc1[c-]c(ccc1)C1(CCCC1)N1[C]3=[Pt]=[C]4N(CCN3c3ccccc31)c1ccccc1N4C2. The number of hydrogen-bond donors (Lipinski definition) is 0. The number of anilines is 4. The molecular formula is C34H28N4OPt-2. The molecule has 9 rings (SSSR count). The molecule has 202 valence electrons. The fraction of sp³-hybridized carbons (Fsp3) is 0.235. The van der Waals surface area contributed by atoms with Crippen LogP contribution < -0.4 is 24.3 Å². The summed E-state index contributed by atoms with van der Waals surface area (Å²) in [4.78, 5) is 10.6. The summed E-state index contributed by atoms with van der Waals surface area (Å²) in [5.41, 5.74) is 7.55. The van der Waals surface area contributed by atoms with E-state index < -0.39 is 17.6 Å². The van der Waals surface area contributed by atoms with E-state index in [2.05, 4.69) is 105 Å². The molecule has 1 spiro atoms. The van der Waals surface area contributed by atoms with Crippen molar-refractivity contribution in [1.82, 2.24) is 0 Å². The van der Waals surface area contributed by atoms with Gasteiger partial charge in [-0.1, -0.05) is 0 Å². The Labute approximate surface area is 242 Å². The van der Waals surface area contributed by atoms with E-state index in [4.69, 9.17) is 4.74 Å². The second kappa shape index (κ2) is 8.65. The number of hydrogen-bond acceptors (Lipinski definition) is 5. The van der Waals surface area contributed by atoms with Crippen molar-refractivity contribution >= 4 is 31.0 Å². The third-order valence-electron chi connectivity index (χ3n) is 8.86. The Kier molecular flexibility index (Phi) is 4.99. The van der Waals surface area contributed by atoms with Gasteiger partial charge < -0.3 is 0 Å². The molecule has 0 N–H and O–H groups in total. The first-order chi connectivity index (χ1) is 19.8. The Bertz CT molecular complexity index is 1750. The maximum atomic E-state index is 6.45. The minimum atomic E-state index is -0.547. The Hall–Kier alpha value is -3.69. The molecular weight excluding hydrogens is 675 g/mol. The monoisotopic (exact) mass is 703 g/mol. The van der Waals surface area contributed by atoms with Gasteiger partial charge in [-0.05, 0) is 0 Å². The maximum absolute atomic E-state index is 6.45. The Morgan fingerprint density at radius 2 is 1.25 bits per heavy atom. The first kappa shape index (κ1) is 23.1. The van der Waals surface area contributed by atoms with E-state index >= 15 is 0 Å². The van der Waals surface area contributed by atoms with Crippen molar-refractivity contribution in [3.05, 3.63) is 108 Å². The topological polar surface area (TPSA) is 22.2 Å². The van der Waals surface area contributed by atoms with E-state index in [0.717, 1.165) is 49.5 Å². The molecule has 0 aromatic heterocycles. The van der Waals surface area contributed by atoms with Crippen LogP contribution in [0.3, 0.4) is 0 Å². The standard InChI is InChI=1S/C34H28N4O.Pt/c1-2-14-31-30(13-1)35-19-20-36-25-38(33-16-4-3-15-32(33)36)34(17-5-6-18-34)27-10-8-12-29(22-27)39-28-11-7-9-26(21-28)23-37(31)24-35;/h1-4,7-16H,5-6,17-20,23H2;/q-2;. The summed E-state index contributed by atoms with van der Waals surface area (Å²) >= 11 is -0.547. The normalized spacial score (nSPS) is 20.0. The average Bonchev–Trinajstić information content (AvgIpc) is 3.63. The zero-order valence-corrected chi connectivity index (χ0v) is 24.3. The fourth-order valence-corrected chi connectivity index (χ4v) is 11.0. The first-order valence-corrected chi connectivity index (χ1v) is 16.4. The van der Waals surface area contributed by atoms with Crippen molar-refractivity contribution in [2.75, 3.05) is 32.7 Å². The van der Waals surface area contributed by atoms with E-state index in [0.29, 0.717) is 0 Å². The van der Waals surface area contributed by atoms with E-state index in [1.54, 1.807) is 0 Å². The zero-order chi connectivity index (χ0) is 26.3. The molecule has 40 heavy (non-hydrogen) atoms. The van der Waals surface area contributed by atoms with Crippen molar-refractivity contribution in [1.29, 1.82) is 0 Å². The summed E-state index contributed by atoms with van der Waals surface area (Å²) in [7, 11) is 0. The second-order valence-electron chi connectivity index (χ2n) is 11.1. The van der Waals surface area contributed by atoms with E-state index in [-0.39, 0.29) is 5.54 Å². The van der Waals surface area contributed by atoms with E-state index in [9.17, 15) is 0 Å². The number of ether oxygens (including phenoxy) is 1. The molecule has 6 heteroatoms. The number of nitrogens with zero attached hydrogens (tertiary/aromatic N) is 4. The predicted octanol–water partition coefficient (Wildman–Crippen LogP) is 6.29. The molecule has 6 bridgehead atoms. The molecule has 0 atom stereocenters. The third-order valence-corrected chi connectivity index (χ3v) is 12.2. The van der Waals surface area contributed by atoms with Gasteiger partial charge in [0, 0.05) is 0 Å². The van der Waals surface area contributed by atoms with Crippen LogP contribution in [0.25, 0.3) is 0 Å². The quantitative estimate of drug-likeness (QED) is 0.201. The van der Waals surface area contributed by atoms with Crippen LogP contribution in [-0.4, -0.2) is 21.4 Å². The molecule has 1 saturated carbocycles. The molecule has 4 aliphatic heterocycles. The van der Waals surface area contributed by atoms with Crippen LogP contribution in [0.1, 0.15) is 36.8 Å². The van der Waals surface area contributed by atoms with Crippen molar-refractivity contribution in [3.8, 4) is 11.5 Å². The molecule has 5 nitrogen and oxygen atoms in total. The summed E-state index contributed by atoms with van der Waals surface area (Å²) < 4.78 is 9.40. The number of rotatable bonds is 0. The first-order valence-electron chi connectivity index (χ1n) is 14.1. The van der Waals surface area contributed by atoms with Gasteiger partial charge in [-0.25, -0.2) is 0 Å². The molecule has 0 amide bonds. The van der Waals surface area contributed by atoms with Crippen LogP contribution in [0.4, 0.5) is 22.7 Å². The summed E-state index contributed by atoms with van der Waals surface area (Å²) in [6, 6.07) is 38.1. The minimum absolute atomic E-state index is 0.138. The molecule has 1 fully saturated rings. The predicted molar refractivity (Wildman–Crippen MR) is 157 cm³/mol. The van der Waals surface area contributed by atoms with Crippen molar-refractivity contribution in [2.45, 2.75) is 37.8 Å². The van der Waals surface area contributed by atoms with Gasteiger partial charge in [-0.3, -0.25) is 0 Å². The van der Waals surface area contributed by atoms with Crippen molar-refractivity contribution < 1.29 is 22.4 Å². The molecule has 4 heterocycles. The average molecular weight is 704 g/mol. The van der Waals surface area contributed by atoms with Gasteiger partial charge in [-0.2, -0.15) is 0 Å². The Morgan fingerprint density at radius 3 is 2.02 bits per heavy atom. The van der Waals surface area contributed by atoms with Crippen LogP contribution in [-0.2, 0) is 29.7 Å². The third kappa shape index (κ3) is 3.24. The second-order valence-corrected chi connectivity index (χ2v) is 13.7. The van der Waals surface area contributed by atoms with Gasteiger partial charge in [-0.15, -0.1) is 0 Å². The Morgan fingerprint density at radius 1 is 0.625 bits per heavy atom. The summed E-state index contributed by atoms with van der Waals surface area (Å²) in [6.07, 6.45) is 4.68. The molecule has 0 saturated heterocycles. The molecule has 5 aliphatic rings. The van der Waals surface area contributed by atoms with Gasteiger partial charge in [0.05, 0.1) is 0 Å². The number of fused-ring (bicyclic) bond motifs is 12. The molecule has 1 aliphatic carbocycles. The zero-order valence-electron chi connectivity index (χ0n) is 22.0. The summed E-state index contributed by atoms with van der Waals surface area (Å²) in [5, 5.41) is 0. The van der Waals surface area contributed by atoms with E-state index in [1.807, 2.05) is 12.1 Å². The summed E-state index contributed by atoms with van der Waals surface area (Å²) in [6.45, 7) is 2.71. The molecule has 0 unspecified atom stereocenters. The molecule has 0 radical (unpaired) electrons. The van der Waals surface area contributed by atoms with Crippen molar-refractivity contribution in [2.24, 2.45) is 0 Å². The van der Waals surface area contributed by atoms with E-state index in [1.165, 1.54) is 49.4 Å². The molecule has 4 aromatic carbocycles. The fourth-order valence-electron chi connectivity index (χ4n) is 7.10. The van der Waals surface area contributed by atoms with Crippen LogP contribution >= 0.6 is 0 Å². The number of para-hydroxylation sites is 4. The van der Waals surface area contributed by atoms with Gasteiger partial charge >= 0.3 is 244 Å². The number of benzene rings is 4. The van der Waals surface area contributed by atoms with Crippen molar-refractivity contribution in [3.63, 3.8) is 0 Å². The van der Waals surface area contributed by atoms with Gasteiger partial charge in [0.15, 0.2) is 0 Å². The summed E-state index contributed by atoms with van der Waals surface area (Å²) in [5.74, 6) is 1.52. The van der Waals surface area contributed by atoms with Gasteiger partial charge in [0.25, 0.3) is 0 Å². The van der Waals surface area contributed by atoms with Gasteiger partial charge in [0.1, 0.15) is 0 Å². The molecule has 4 aromatic rings.